The van der Waals surface area contributed by atoms with Gasteiger partial charge in [0.05, 0.1) is 24.7 Å². The van der Waals surface area contributed by atoms with Gasteiger partial charge in [0.1, 0.15) is 32.9 Å². The van der Waals surface area contributed by atoms with Gasteiger partial charge < -0.3 is 19.5 Å². The SMILES string of the molecule is COc1cc(OC)c2c(c1Cl)O[C@@]1(C(=O)C3=C(C[C@H]1C)Nc1c(c(=O)n(C)c(=O)n1C)C3c1ccc(Cl)c([N+](=O)[O-])c1)C2=O. The standard InChI is InChI=1S/C29H24Cl2N4O9/c1-11-8-14-19(24(36)29(11)25(37)20-16(42-4)10-17(43-5)22(31)23(20)44-29)18(12-6-7-13(30)15(9-12)35(40)41)21-26(32-14)33(2)28(39)34(3)27(21)38/h6-7,9-11,18,32H,8H2,1-5H3/t11-,18?,29+/m1/s1. The Kier molecular flexibility index (Phi) is 6.67. The molecule has 1 spiro atoms. The molecule has 2 aliphatic heterocycles. The predicted molar refractivity (Wildman–Crippen MR) is 159 cm³/mol. The van der Waals surface area contributed by atoms with E-state index in [4.69, 9.17) is 37.4 Å². The molecule has 2 aromatic carbocycles. The van der Waals surface area contributed by atoms with E-state index < -0.39 is 50.9 Å². The molecule has 1 N–H and O–H groups in total. The number of nitro benzene ring substituents is 1. The molecule has 1 aliphatic carbocycles. The number of ether oxygens (including phenoxy) is 3. The summed E-state index contributed by atoms with van der Waals surface area (Å²) in [5.74, 6) is -3.22. The third kappa shape index (κ3) is 3.72. The van der Waals surface area contributed by atoms with E-state index in [-0.39, 0.29) is 61.8 Å². The largest absolute Gasteiger partial charge is 0.496 e. The van der Waals surface area contributed by atoms with Crippen LogP contribution in [0.15, 0.2) is 45.1 Å². The molecule has 0 bridgehead atoms. The van der Waals surface area contributed by atoms with E-state index in [2.05, 4.69) is 5.32 Å². The van der Waals surface area contributed by atoms with Crippen molar-refractivity contribution in [3.05, 3.63) is 93.2 Å². The first-order valence-corrected chi connectivity index (χ1v) is 14.0. The Hall–Kier alpha value is -4.62. The molecule has 0 fully saturated rings. The zero-order valence-electron chi connectivity index (χ0n) is 23.9. The fourth-order valence-corrected chi connectivity index (χ4v) is 6.82. The monoisotopic (exact) mass is 642 g/mol. The number of allylic oxidation sites excluding steroid dienone is 1. The number of aromatic nitrogens is 2. The molecule has 0 saturated heterocycles. The number of hydrogen-bond acceptors (Lipinski definition) is 10. The summed E-state index contributed by atoms with van der Waals surface area (Å²) in [6.45, 7) is 1.66. The van der Waals surface area contributed by atoms with E-state index in [1.807, 2.05) is 0 Å². The van der Waals surface area contributed by atoms with Gasteiger partial charge in [-0.2, -0.15) is 0 Å². The van der Waals surface area contributed by atoms with Gasteiger partial charge in [-0.05, 0) is 18.1 Å². The van der Waals surface area contributed by atoms with E-state index in [1.165, 1.54) is 57.1 Å². The van der Waals surface area contributed by atoms with Crippen molar-refractivity contribution in [1.82, 2.24) is 9.13 Å². The molecule has 0 radical (unpaired) electrons. The number of carbonyl (C=O) groups excluding carboxylic acids is 2. The maximum Gasteiger partial charge on any atom is 0.332 e. The number of ketones is 2. The highest BCUT2D eigenvalue weighted by Crippen LogP contribution is 2.56. The first kappa shape index (κ1) is 29.5. The maximum atomic E-state index is 14.9. The minimum absolute atomic E-state index is 0.0221. The van der Waals surface area contributed by atoms with E-state index in [1.54, 1.807) is 6.92 Å². The van der Waals surface area contributed by atoms with Crippen molar-refractivity contribution in [3.63, 3.8) is 0 Å². The number of nitrogens with zero attached hydrogens (tertiary/aromatic N) is 3. The Morgan fingerprint density at radius 1 is 1.05 bits per heavy atom. The summed E-state index contributed by atoms with van der Waals surface area (Å²) < 4.78 is 19.1. The molecule has 3 atom stereocenters. The van der Waals surface area contributed by atoms with Crippen LogP contribution >= 0.6 is 23.2 Å². The molecule has 44 heavy (non-hydrogen) atoms. The topological polar surface area (TPSA) is 161 Å². The van der Waals surface area contributed by atoms with Crippen LogP contribution in [0.2, 0.25) is 10.0 Å². The highest BCUT2D eigenvalue weighted by Gasteiger charge is 2.63. The second kappa shape index (κ2) is 9.96. The molecule has 1 unspecified atom stereocenters. The van der Waals surface area contributed by atoms with Crippen LogP contribution in [0.25, 0.3) is 0 Å². The van der Waals surface area contributed by atoms with Crippen molar-refractivity contribution in [2.75, 3.05) is 19.5 Å². The number of benzene rings is 2. The lowest BCUT2D eigenvalue weighted by atomic mass is 9.66. The van der Waals surface area contributed by atoms with Crippen molar-refractivity contribution < 1.29 is 28.7 Å². The summed E-state index contributed by atoms with van der Waals surface area (Å²) in [4.78, 5) is 67.0. The Morgan fingerprint density at radius 3 is 2.36 bits per heavy atom. The maximum absolute atomic E-state index is 14.9. The number of fused-ring (bicyclic) bond motifs is 2. The fourth-order valence-electron chi connectivity index (χ4n) is 6.37. The molecule has 0 saturated carbocycles. The highest BCUT2D eigenvalue weighted by atomic mass is 35.5. The van der Waals surface area contributed by atoms with Crippen LogP contribution in [-0.2, 0) is 18.9 Å². The first-order chi connectivity index (χ1) is 20.8. The van der Waals surface area contributed by atoms with Crippen molar-refractivity contribution in [2.45, 2.75) is 24.9 Å². The molecule has 3 heterocycles. The van der Waals surface area contributed by atoms with E-state index in [0.29, 0.717) is 5.70 Å². The van der Waals surface area contributed by atoms with Crippen LogP contribution in [0.4, 0.5) is 11.5 Å². The van der Waals surface area contributed by atoms with Crippen LogP contribution in [0.3, 0.4) is 0 Å². The summed E-state index contributed by atoms with van der Waals surface area (Å²) in [5, 5.41) is 14.8. The van der Waals surface area contributed by atoms with Crippen LogP contribution in [0.1, 0.15) is 40.7 Å². The number of anilines is 1. The molecule has 3 aliphatic rings. The number of Topliss-reactive ketones (excluding diaryl/α,β-unsaturated/α-hetero) is 2. The van der Waals surface area contributed by atoms with E-state index >= 15 is 0 Å². The third-order valence-electron chi connectivity index (χ3n) is 8.58. The summed E-state index contributed by atoms with van der Waals surface area (Å²) in [7, 11) is 5.46. The molecule has 6 rings (SSSR count). The van der Waals surface area contributed by atoms with Crippen molar-refractivity contribution in [3.8, 4) is 17.2 Å². The quantitative estimate of drug-likeness (QED) is 0.252. The second-order valence-corrected chi connectivity index (χ2v) is 11.6. The number of halogens is 2. The van der Waals surface area contributed by atoms with Gasteiger partial charge in [0.15, 0.2) is 5.75 Å². The zero-order chi connectivity index (χ0) is 32.0. The van der Waals surface area contributed by atoms with Crippen LogP contribution in [-0.4, -0.2) is 45.4 Å². The Morgan fingerprint density at radius 2 is 1.73 bits per heavy atom. The van der Waals surface area contributed by atoms with Gasteiger partial charge >= 0.3 is 5.69 Å². The summed E-state index contributed by atoms with van der Waals surface area (Å²) >= 11 is 12.7. The van der Waals surface area contributed by atoms with Gasteiger partial charge in [-0.1, -0.05) is 36.2 Å². The molecule has 13 nitrogen and oxygen atoms in total. The number of nitro groups is 1. The van der Waals surface area contributed by atoms with Gasteiger partial charge in [-0.3, -0.25) is 33.6 Å². The molecular formula is C29H24Cl2N4O9. The summed E-state index contributed by atoms with van der Waals surface area (Å²) in [5.41, 5.74) is -3.52. The summed E-state index contributed by atoms with van der Waals surface area (Å²) in [6.07, 6.45) is 0.0624. The van der Waals surface area contributed by atoms with Crippen molar-refractivity contribution in [1.29, 1.82) is 0 Å². The average molecular weight is 643 g/mol. The number of rotatable bonds is 4. The first-order valence-electron chi connectivity index (χ1n) is 13.3. The van der Waals surface area contributed by atoms with Gasteiger partial charge in [-0.15, -0.1) is 0 Å². The second-order valence-electron chi connectivity index (χ2n) is 10.8. The van der Waals surface area contributed by atoms with Gasteiger partial charge in [0.25, 0.3) is 11.2 Å². The highest BCUT2D eigenvalue weighted by molar-refractivity contribution is 6.36. The summed E-state index contributed by atoms with van der Waals surface area (Å²) in [6, 6.07) is 5.34. The third-order valence-corrected chi connectivity index (χ3v) is 9.25. The van der Waals surface area contributed by atoms with E-state index in [0.717, 1.165) is 4.57 Å². The average Bonchev–Trinajstić information content (AvgIpc) is 3.31. The zero-order valence-corrected chi connectivity index (χ0v) is 25.5. The van der Waals surface area contributed by atoms with Crippen molar-refractivity contribution >= 4 is 46.3 Å². The Bertz CT molecular complexity index is 2010. The van der Waals surface area contributed by atoms with Gasteiger partial charge in [0.2, 0.25) is 17.2 Å². The van der Waals surface area contributed by atoms with Crippen LogP contribution in [0, 0.1) is 16.0 Å². The molecule has 228 valence electrons. The van der Waals surface area contributed by atoms with Crippen molar-refractivity contribution in [2.24, 2.45) is 20.0 Å². The molecule has 1 aromatic heterocycles. The Labute approximate surface area is 258 Å². The van der Waals surface area contributed by atoms with Crippen LogP contribution in [0.5, 0.6) is 17.2 Å². The minimum atomic E-state index is -2.12. The van der Waals surface area contributed by atoms with E-state index in [9.17, 15) is 29.3 Å². The normalized spacial score (nSPS) is 21.8. The van der Waals surface area contributed by atoms with Gasteiger partial charge in [-0.25, -0.2) is 4.79 Å². The smallest absolute Gasteiger partial charge is 0.332 e. The number of hydrogen-bond donors (Lipinski definition) is 1. The number of carbonyl (C=O) groups is 2. The molecule has 0 amide bonds. The number of methoxy groups -OCH3 is 2. The van der Waals surface area contributed by atoms with Crippen LogP contribution < -0.4 is 30.8 Å². The fraction of sp³-hybridized carbons (Fsp3) is 0.310. The predicted octanol–water partition coefficient (Wildman–Crippen LogP) is 3.75. The molecular weight excluding hydrogens is 619 g/mol. The van der Waals surface area contributed by atoms with Gasteiger partial charge in [0, 0.05) is 49.3 Å². The number of nitrogens with one attached hydrogen (secondary N) is 1. The lowest BCUT2D eigenvalue weighted by molar-refractivity contribution is -0.384. The Balaban J connectivity index is 1.64. The molecule has 3 aromatic rings. The lowest BCUT2D eigenvalue weighted by Gasteiger charge is -2.42. The minimum Gasteiger partial charge on any atom is -0.496 e. The molecule has 15 heteroatoms. The lowest BCUT2D eigenvalue weighted by Crippen LogP contribution is -2.58.